The van der Waals surface area contributed by atoms with Crippen molar-refractivity contribution in [1.82, 2.24) is 19.4 Å². The quantitative estimate of drug-likeness (QED) is 0.516. The number of amides is 1. The highest BCUT2D eigenvalue weighted by molar-refractivity contribution is 5.96. The van der Waals surface area contributed by atoms with Crippen molar-refractivity contribution in [2.45, 2.75) is 25.8 Å². The van der Waals surface area contributed by atoms with Crippen LogP contribution in [0.1, 0.15) is 34.9 Å². The fourth-order valence-electron chi connectivity index (χ4n) is 4.31. The molecule has 4 aromatic rings. The molecule has 6 nitrogen and oxygen atoms in total. The Bertz CT molecular complexity index is 1320. The van der Waals surface area contributed by atoms with Gasteiger partial charge in [-0.2, -0.15) is 0 Å². The second-order valence-corrected chi connectivity index (χ2v) is 7.84. The Kier molecular flexibility index (Phi) is 4.54. The third-order valence-electron chi connectivity index (χ3n) is 5.98. The summed E-state index contributed by atoms with van der Waals surface area (Å²) >= 11 is 0. The molecule has 2 aromatic carbocycles. The van der Waals surface area contributed by atoms with Crippen molar-refractivity contribution in [2.75, 3.05) is 13.1 Å². The first-order chi connectivity index (χ1) is 14.6. The van der Waals surface area contributed by atoms with Crippen molar-refractivity contribution in [3.8, 4) is 0 Å². The average molecular weight is 398 g/mol. The number of carbonyl (C=O) groups is 1. The van der Waals surface area contributed by atoms with E-state index < -0.39 is 0 Å². The van der Waals surface area contributed by atoms with Crippen molar-refractivity contribution < 1.29 is 4.79 Å². The van der Waals surface area contributed by atoms with Crippen LogP contribution in [0.15, 0.2) is 65.7 Å². The number of aromatic nitrogens is 3. The number of rotatable bonds is 2. The zero-order valence-electron chi connectivity index (χ0n) is 16.8. The predicted octanol–water partition coefficient (Wildman–Crippen LogP) is 3.73. The molecule has 1 aliphatic heterocycles. The van der Waals surface area contributed by atoms with Gasteiger partial charge in [0, 0.05) is 24.5 Å². The SMILES string of the molecule is Cc1cc(C(=O)N2CCC(n3cnc4ccccc4c3=O)CC2)nc2ccccc12. The van der Waals surface area contributed by atoms with Gasteiger partial charge in [0.05, 0.1) is 22.7 Å². The zero-order valence-corrected chi connectivity index (χ0v) is 16.8. The van der Waals surface area contributed by atoms with Crippen LogP contribution in [0, 0.1) is 6.92 Å². The van der Waals surface area contributed by atoms with Crippen LogP contribution in [-0.2, 0) is 0 Å². The van der Waals surface area contributed by atoms with E-state index in [0.717, 1.165) is 29.3 Å². The highest BCUT2D eigenvalue weighted by Gasteiger charge is 2.26. The Morgan fingerprint density at radius 1 is 0.967 bits per heavy atom. The van der Waals surface area contributed by atoms with Gasteiger partial charge in [0.1, 0.15) is 5.69 Å². The second-order valence-electron chi connectivity index (χ2n) is 7.84. The zero-order chi connectivity index (χ0) is 20.7. The van der Waals surface area contributed by atoms with Crippen molar-refractivity contribution in [1.29, 1.82) is 0 Å². The van der Waals surface area contributed by atoms with E-state index in [4.69, 9.17) is 0 Å². The van der Waals surface area contributed by atoms with Crippen LogP contribution in [0.5, 0.6) is 0 Å². The predicted molar refractivity (Wildman–Crippen MR) is 117 cm³/mol. The molecule has 0 spiro atoms. The molecule has 1 fully saturated rings. The molecule has 1 saturated heterocycles. The van der Waals surface area contributed by atoms with Crippen LogP contribution < -0.4 is 5.56 Å². The van der Waals surface area contributed by atoms with Gasteiger partial charge in [-0.15, -0.1) is 0 Å². The highest BCUT2D eigenvalue weighted by Crippen LogP contribution is 2.24. The largest absolute Gasteiger partial charge is 0.337 e. The van der Waals surface area contributed by atoms with Gasteiger partial charge in [0.25, 0.3) is 11.5 Å². The molecule has 0 radical (unpaired) electrons. The van der Waals surface area contributed by atoms with Gasteiger partial charge >= 0.3 is 0 Å². The fraction of sp³-hybridized carbons (Fsp3) is 0.250. The lowest BCUT2D eigenvalue weighted by atomic mass is 10.0. The number of benzene rings is 2. The lowest BCUT2D eigenvalue weighted by Crippen LogP contribution is -2.41. The summed E-state index contributed by atoms with van der Waals surface area (Å²) in [4.78, 5) is 36.8. The molecule has 2 aromatic heterocycles. The van der Waals surface area contributed by atoms with Crippen molar-refractivity contribution in [2.24, 2.45) is 0 Å². The van der Waals surface area contributed by atoms with E-state index in [0.29, 0.717) is 29.7 Å². The van der Waals surface area contributed by atoms with Gasteiger partial charge in [-0.3, -0.25) is 14.2 Å². The molecule has 1 aliphatic rings. The summed E-state index contributed by atoms with van der Waals surface area (Å²) in [7, 11) is 0. The van der Waals surface area contributed by atoms with E-state index in [1.165, 1.54) is 0 Å². The molecule has 0 atom stereocenters. The van der Waals surface area contributed by atoms with E-state index in [9.17, 15) is 9.59 Å². The Morgan fingerprint density at radius 3 is 2.40 bits per heavy atom. The van der Waals surface area contributed by atoms with Gasteiger partial charge in [-0.25, -0.2) is 9.97 Å². The summed E-state index contributed by atoms with van der Waals surface area (Å²) in [5.74, 6) is -0.0497. The maximum Gasteiger partial charge on any atom is 0.272 e. The van der Waals surface area contributed by atoms with Crippen molar-refractivity contribution >= 4 is 27.7 Å². The standard InChI is InChI=1S/C24H22N4O2/c1-16-14-22(26-21-9-5-2-6-18(16)21)24(30)27-12-10-17(11-13-27)28-15-25-20-8-4-3-7-19(20)23(28)29/h2-9,14-15,17H,10-13H2,1H3. The highest BCUT2D eigenvalue weighted by atomic mass is 16.2. The van der Waals surface area contributed by atoms with E-state index in [-0.39, 0.29) is 17.5 Å². The summed E-state index contributed by atoms with van der Waals surface area (Å²) in [6.07, 6.45) is 3.08. The molecule has 30 heavy (non-hydrogen) atoms. The molecule has 3 heterocycles. The third-order valence-corrected chi connectivity index (χ3v) is 5.98. The van der Waals surface area contributed by atoms with E-state index in [2.05, 4.69) is 9.97 Å². The van der Waals surface area contributed by atoms with Gasteiger partial charge < -0.3 is 4.90 Å². The average Bonchev–Trinajstić information content (AvgIpc) is 2.79. The summed E-state index contributed by atoms with van der Waals surface area (Å²) in [6, 6.07) is 17.2. The summed E-state index contributed by atoms with van der Waals surface area (Å²) in [5, 5.41) is 1.70. The first kappa shape index (κ1) is 18.5. The molecule has 0 aliphatic carbocycles. The Morgan fingerprint density at radius 2 is 1.63 bits per heavy atom. The number of pyridine rings is 1. The van der Waals surface area contributed by atoms with Crippen molar-refractivity contribution in [3.05, 3.63) is 82.5 Å². The number of nitrogens with zero attached hydrogens (tertiary/aromatic N) is 4. The van der Waals surface area contributed by atoms with Gasteiger partial charge in [-0.05, 0) is 49.6 Å². The number of piperidine rings is 1. The molecule has 0 saturated carbocycles. The lowest BCUT2D eigenvalue weighted by molar-refractivity contribution is 0.0687. The Labute approximate surface area is 173 Å². The molecule has 5 rings (SSSR count). The van der Waals surface area contributed by atoms with Crippen LogP contribution >= 0.6 is 0 Å². The number of likely N-dealkylation sites (tertiary alicyclic amines) is 1. The monoisotopic (exact) mass is 398 g/mol. The first-order valence-corrected chi connectivity index (χ1v) is 10.2. The Balaban J connectivity index is 1.36. The third kappa shape index (κ3) is 3.14. The number of carbonyl (C=O) groups excluding carboxylic acids is 1. The van der Waals surface area contributed by atoms with Gasteiger partial charge in [0.15, 0.2) is 0 Å². The summed E-state index contributed by atoms with van der Waals surface area (Å²) in [6.45, 7) is 3.19. The number of para-hydroxylation sites is 2. The maximum atomic E-state index is 13.1. The van der Waals surface area contributed by atoms with E-state index in [1.54, 1.807) is 10.9 Å². The van der Waals surface area contributed by atoms with Crippen LogP contribution in [0.2, 0.25) is 0 Å². The number of aryl methyl sites for hydroxylation is 1. The lowest BCUT2D eigenvalue weighted by Gasteiger charge is -2.32. The molecule has 0 bridgehead atoms. The maximum absolute atomic E-state index is 13.1. The molecular formula is C24H22N4O2. The number of hydrogen-bond acceptors (Lipinski definition) is 4. The molecule has 0 unspecified atom stereocenters. The van der Waals surface area contributed by atoms with Gasteiger partial charge in [0.2, 0.25) is 0 Å². The molecule has 150 valence electrons. The van der Waals surface area contributed by atoms with Crippen LogP contribution in [-0.4, -0.2) is 38.4 Å². The smallest absolute Gasteiger partial charge is 0.272 e. The van der Waals surface area contributed by atoms with Crippen molar-refractivity contribution in [3.63, 3.8) is 0 Å². The minimum Gasteiger partial charge on any atom is -0.337 e. The summed E-state index contributed by atoms with van der Waals surface area (Å²) < 4.78 is 1.72. The molecule has 6 heteroatoms. The number of fused-ring (bicyclic) bond motifs is 2. The summed E-state index contributed by atoms with van der Waals surface area (Å²) in [5.41, 5.74) is 3.06. The van der Waals surface area contributed by atoms with Crippen LogP contribution in [0.4, 0.5) is 0 Å². The topological polar surface area (TPSA) is 68.1 Å². The first-order valence-electron chi connectivity index (χ1n) is 10.2. The van der Waals surface area contributed by atoms with Gasteiger partial charge in [-0.1, -0.05) is 30.3 Å². The second kappa shape index (κ2) is 7.37. The van der Waals surface area contributed by atoms with Crippen LogP contribution in [0.25, 0.3) is 21.8 Å². The van der Waals surface area contributed by atoms with Crippen LogP contribution in [0.3, 0.4) is 0 Å². The van der Waals surface area contributed by atoms with E-state index in [1.807, 2.05) is 66.4 Å². The Hall–Kier alpha value is -3.54. The fourth-order valence-corrected chi connectivity index (χ4v) is 4.31. The molecular weight excluding hydrogens is 376 g/mol. The minimum atomic E-state index is -0.0497. The normalized spacial score (nSPS) is 15.0. The van der Waals surface area contributed by atoms with E-state index >= 15 is 0 Å². The minimum absolute atomic E-state index is 0.0165. The number of hydrogen-bond donors (Lipinski definition) is 0. The molecule has 1 amide bonds. The molecule has 0 N–H and O–H groups in total.